The number of nitrogens with two attached hydrogens (primary N) is 1. The fourth-order valence-electron chi connectivity index (χ4n) is 3.28. The molecule has 0 aromatic rings. The SMILES string of the molecule is NC(=O)CNC(=O)C1C2=C1[C@@H]1CCC[C@H]21. The highest BCUT2D eigenvalue weighted by molar-refractivity contribution is 5.94. The number of nitrogens with one attached hydrogen (secondary N) is 1. The maximum atomic E-state index is 11.6. The number of hydrogen-bond donors (Lipinski definition) is 2. The van der Waals surface area contributed by atoms with Crippen LogP contribution in [0.1, 0.15) is 19.3 Å². The molecule has 1 unspecified atom stereocenters. The van der Waals surface area contributed by atoms with Gasteiger partial charge >= 0.3 is 0 Å². The van der Waals surface area contributed by atoms with Crippen molar-refractivity contribution in [3.8, 4) is 0 Å². The van der Waals surface area contributed by atoms with Crippen LogP contribution in [0.4, 0.5) is 0 Å². The van der Waals surface area contributed by atoms with Crippen molar-refractivity contribution in [1.29, 1.82) is 0 Å². The second kappa shape index (κ2) is 2.84. The summed E-state index contributed by atoms with van der Waals surface area (Å²) in [4.78, 5) is 22.2. The molecule has 2 amide bonds. The van der Waals surface area contributed by atoms with E-state index >= 15 is 0 Å². The number of rotatable bonds is 3. The highest BCUT2D eigenvalue weighted by Crippen LogP contribution is 2.67. The van der Waals surface area contributed by atoms with Gasteiger partial charge < -0.3 is 11.1 Å². The summed E-state index contributed by atoms with van der Waals surface area (Å²) in [7, 11) is 0. The first-order valence-electron chi connectivity index (χ1n) is 5.50. The third-order valence-corrected chi connectivity index (χ3v) is 3.89. The zero-order valence-electron chi connectivity index (χ0n) is 8.45. The molecular weight excluding hydrogens is 192 g/mol. The normalized spacial score (nSPS) is 35.3. The minimum Gasteiger partial charge on any atom is -0.368 e. The first kappa shape index (κ1) is 8.95. The van der Waals surface area contributed by atoms with Gasteiger partial charge in [0.1, 0.15) is 0 Å². The molecule has 80 valence electrons. The van der Waals surface area contributed by atoms with E-state index in [1.165, 1.54) is 30.4 Å². The molecule has 4 nitrogen and oxygen atoms in total. The van der Waals surface area contributed by atoms with Crippen molar-refractivity contribution < 1.29 is 9.59 Å². The first-order chi connectivity index (χ1) is 7.20. The van der Waals surface area contributed by atoms with Gasteiger partial charge in [-0.1, -0.05) is 6.42 Å². The molecule has 0 bridgehead atoms. The van der Waals surface area contributed by atoms with Crippen molar-refractivity contribution >= 4 is 11.8 Å². The van der Waals surface area contributed by atoms with Crippen LogP contribution < -0.4 is 11.1 Å². The molecule has 0 spiro atoms. The van der Waals surface area contributed by atoms with Gasteiger partial charge in [0, 0.05) is 0 Å². The molecule has 3 atom stereocenters. The Labute approximate surface area is 87.9 Å². The van der Waals surface area contributed by atoms with Crippen LogP contribution in [-0.2, 0) is 9.59 Å². The monoisotopic (exact) mass is 206 g/mol. The lowest BCUT2D eigenvalue weighted by atomic mass is 9.86. The van der Waals surface area contributed by atoms with E-state index < -0.39 is 5.91 Å². The fraction of sp³-hybridized carbons (Fsp3) is 0.636. The summed E-state index contributed by atoms with van der Waals surface area (Å²) >= 11 is 0. The summed E-state index contributed by atoms with van der Waals surface area (Å²) < 4.78 is 0. The molecule has 1 fully saturated rings. The topological polar surface area (TPSA) is 72.2 Å². The Bertz CT molecular complexity index is 366. The van der Waals surface area contributed by atoms with Crippen LogP contribution in [0.2, 0.25) is 0 Å². The second-order valence-electron chi connectivity index (χ2n) is 4.67. The van der Waals surface area contributed by atoms with Crippen LogP contribution in [0.5, 0.6) is 0 Å². The molecule has 1 saturated carbocycles. The number of carbonyl (C=O) groups excluding carboxylic acids is 2. The number of carbonyl (C=O) groups is 2. The summed E-state index contributed by atoms with van der Waals surface area (Å²) in [5, 5.41) is 2.58. The summed E-state index contributed by atoms with van der Waals surface area (Å²) in [6.07, 6.45) is 3.81. The molecule has 3 aliphatic carbocycles. The lowest BCUT2D eigenvalue weighted by molar-refractivity contribution is -0.125. The molecule has 0 radical (unpaired) electrons. The zero-order valence-corrected chi connectivity index (χ0v) is 8.45. The van der Waals surface area contributed by atoms with Gasteiger partial charge in [-0.2, -0.15) is 0 Å². The van der Waals surface area contributed by atoms with Crippen LogP contribution in [0.3, 0.4) is 0 Å². The van der Waals surface area contributed by atoms with Crippen molar-refractivity contribution in [2.24, 2.45) is 23.5 Å². The minimum atomic E-state index is -0.480. The lowest BCUT2D eigenvalue weighted by Gasteiger charge is -2.18. The van der Waals surface area contributed by atoms with Crippen LogP contribution in [0.25, 0.3) is 0 Å². The average molecular weight is 206 g/mol. The van der Waals surface area contributed by atoms with Crippen molar-refractivity contribution in [1.82, 2.24) is 5.32 Å². The number of fused-ring (bicyclic) bond motifs is 3. The summed E-state index contributed by atoms with van der Waals surface area (Å²) in [5.41, 5.74) is 7.72. The molecule has 0 saturated heterocycles. The smallest absolute Gasteiger partial charge is 0.236 e. The van der Waals surface area contributed by atoms with E-state index in [4.69, 9.17) is 5.73 Å². The van der Waals surface area contributed by atoms with E-state index in [2.05, 4.69) is 5.32 Å². The lowest BCUT2D eigenvalue weighted by Crippen LogP contribution is -2.34. The van der Waals surface area contributed by atoms with Crippen molar-refractivity contribution in [3.63, 3.8) is 0 Å². The van der Waals surface area contributed by atoms with Gasteiger partial charge in [0.15, 0.2) is 0 Å². The predicted octanol–water partition coefficient (Wildman–Crippen LogP) is -0.0558. The predicted molar refractivity (Wildman–Crippen MR) is 53.6 cm³/mol. The molecule has 4 heteroatoms. The van der Waals surface area contributed by atoms with Gasteiger partial charge in [-0.05, 0) is 35.8 Å². The van der Waals surface area contributed by atoms with Gasteiger partial charge in [0.05, 0.1) is 12.5 Å². The minimum absolute atomic E-state index is 0.0202. The fourth-order valence-corrected chi connectivity index (χ4v) is 3.28. The average Bonchev–Trinajstić information content (AvgIpc) is 2.68. The van der Waals surface area contributed by atoms with E-state index in [0.717, 1.165) is 0 Å². The molecule has 3 aliphatic rings. The summed E-state index contributed by atoms with van der Waals surface area (Å²) in [6.45, 7) is -0.0365. The maximum Gasteiger partial charge on any atom is 0.236 e. The van der Waals surface area contributed by atoms with Gasteiger partial charge in [-0.25, -0.2) is 0 Å². The van der Waals surface area contributed by atoms with Gasteiger partial charge in [0.25, 0.3) is 0 Å². The second-order valence-corrected chi connectivity index (χ2v) is 4.67. The van der Waals surface area contributed by atoms with Crippen molar-refractivity contribution in [2.75, 3.05) is 6.54 Å². The van der Waals surface area contributed by atoms with Crippen LogP contribution >= 0.6 is 0 Å². The third kappa shape index (κ3) is 1.14. The zero-order chi connectivity index (χ0) is 10.6. The molecule has 15 heavy (non-hydrogen) atoms. The number of amides is 2. The van der Waals surface area contributed by atoms with E-state index in [0.29, 0.717) is 11.8 Å². The molecular formula is C11H14N2O2. The number of primary amides is 1. The Morgan fingerprint density at radius 3 is 2.40 bits per heavy atom. The van der Waals surface area contributed by atoms with Crippen molar-refractivity contribution in [2.45, 2.75) is 19.3 Å². The van der Waals surface area contributed by atoms with E-state index in [1.807, 2.05) is 0 Å². The van der Waals surface area contributed by atoms with E-state index in [-0.39, 0.29) is 18.4 Å². The van der Waals surface area contributed by atoms with E-state index in [1.54, 1.807) is 0 Å². The van der Waals surface area contributed by atoms with Gasteiger partial charge in [0.2, 0.25) is 11.8 Å². The number of hydrogen-bond acceptors (Lipinski definition) is 2. The summed E-state index contributed by atoms with van der Waals surface area (Å²) in [5.74, 6) is 0.938. The highest BCUT2D eigenvalue weighted by Gasteiger charge is 2.61. The maximum absolute atomic E-state index is 11.6. The molecule has 0 aromatic carbocycles. The van der Waals surface area contributed by atoms with Crippen LogP contribution in [0.15, 0.2) is 11.1 Å². The molecule has 0 aliphatic heterocycles. The van der Waals surface area contributed by atoms with Crippen LogP contribution in [0, 0.1) is 17.8 Å². The van der Waals surface area contributed by atoms with Crippen LogP contribution in [-0.4, -0.2) is 18.4 Å². The Balaban J connectivity index is 1.56. The van der Waals surface area contributed by atoms with Gasteiger partial charge in [-0.3, -0.25) is 9.59 Å². The Kier molecular flexibility index (Phi) is 1.69. The quantitative estimate of drug-likeness (QED) is 0.635. The Morgan fingerprint density at radius 1 is 1.27 bits per heavy atom. The van der Waals surface area contributed by atoms with Crippen molar-refractivity contribution in [3.05, 3.63) is 11.1 Å². The first-order valence-corrected chi connectivity index (χ1v) is 5.50. The third-order valence-electron chi connectivity index (χ3n) is 3.89. The van der Waals surface area contributed by atoms with Gasteiger partial charge in [-0.15, -0.1) is 0 Å². The molecule has 0 heterocycles. The highest BCUT2D eigenvalue weighted by atomic mass is 16.2. The molecule has 0 aromatic heterocycles. The molecule has 3 rings (SSSR count). The molecule has 3 N–H and O–H groups in total. The summed E-state index contributed by atoms with van der Waals surface area (Å²) in [6, 6.07) is 0. The largest absolute Gasteiger partial charge is 0.368 e. The standard InChI is InChI=1S/C11H14N2O2/c12-7(14)4-13-11(15)10-8-5-2-1-3-6(5)9(8)10/h5-6,10H,1-4H2,(H2,12,14)(H,13,15)/t5-,6+,10?. The van der Waals surface area contributed by atoms with E-state index in [9.17, 15) is 9.59 Å². The Morgan fingerprint density at radius 2 is 1.87 bits per heavy atom. The Hall–Kier alpha value is -1.32.